The molecule has 31 heavy (non-hydrogen) atoms. The predicted molar refractivity (Wildman–Crippen MR) is 125 cm³/mol. The van der Waals surface area contributed by atoms with E-state index in [0.29, 0.717) is 19.0 Å². The van der Waals surface area contributed by atoms with Gasteiger partial charge in [0.05, 0.1) is 6.54 Å². The van der Waals surface area contributed by atoms with E-state index in [-0.39, 0.29) is 30.6 Å². The Bertz CT molecular complexity index is 702. The molecule has 1 N–H and O–H groups in total. The molecule has 3 amide bonds. The number of hydrogen-bond acceptors (Lipinski definition) is 2. The summed E-state index contributed by atoms with van der Waals surface area (Å²) >= 11 is 0. The number of amides is 3. The van der Waals surface area contributed by atoms with Crippen molar-refractivity contribution in [2.75, 3.05) is 13.1 Å². The van der Waals surface area contributed by atoms with Gasteiger partial charge in [-0.3, -0.25) is 4.79 Å². The monoisotopic (exact) mass is 430 g/mol. The van der Waals surface area contributed by atoms with Gasteiger partial charge in [0.25, 0.3) is 0 Å². The highest BCUT2D eigenvalue weighted by Gasteiger charge is 2.30. The van der Waals surface area contributed by atoms with Crippen LogP contribution in [0.25, 0.3) is 0 Å². The Morgan fingerprint density at radius 3 is 2.29 bits per heavy atom. The highest BCUT2D eigenvalue weighted by molar-refractivity contribution is 5.84. The molecule has 2 saturated carbocycles. The largest absolute Gasteiger partial charge is 0.353 e. The highest BCUT2D eigenvalue weighted by atomic mass is 16.2. The first kappa shape index (κ1) is 23.7. The summed E-state index contributed by atoms with van der Waals surface area (Å²) in [6.45, 7) is 5.75. The summed E-state index contributed by atoms with van der Waals surface area (Å²) in [7, 11) is 2.01. The Balaban J connectivity index is 1.70. The van der Waals surface area contributed by atoms with Crippen molar-refractivity contribution >= 4 is 11.9 Å². The van der Waals surface area contributed by atoms with Gasteiger partial charge < -0.3 is 19.7 Å². The lowest BCUT2D eigenvalue weighted by Gasteiger charge is -2.37. The van der Waals surface area contributed by atoms with E-state index in [4.69, 9.17) is 0 Å². The van der Waals surface area contributed by atoms with Crippen LogP contribution in [0, 0.1) is 5.92 Å². The maximum atomic E-state index is 13.5. The number of carbonyl (C=O) groups excluding carboxylic acids is 2. The molecular formula is C25H42N4O2. The van der Waals surface area contributed by atoms with E-state index < -0.39 is 0 Å². The molecule has 1 aromatic rings. The third-order valence-corrected chi connectivity index (χ3v) is 6.86. The highest BCUT2D eigenvalue weighted by Crippen LogP contribution is 2.24. The lowest BCUT2D eigenvalue weighted by molar-refractivity contribution is -0.133. The van der Waals surface area contributed by atoms with Crippen LogP contribution in [0.2, 0.25) is 0 Å². The number of nitrogens with one attached hydrogen (secondary N) is 1. The predicted octanol–water partition coefficient (Wildman–Crippen LogP) is 4.69. The summed E-state index contributed by atoms with van der Waals surface area (Å²) in [5.74, 6) is 0.433. The zero-order valence-corrected chi connectivity index (χ0v) is 19.8. The normalized spacial score (nSPS) is 18.2. The van der Waals surface area contributed by atoms with Crippen molar-refractivity contribution in [3.8, 4) is 0 Å². The molecule has 6 heteroatoms. The molecule has 1 heterocycles. The number of nitrogens with zero attached hydrogens (tertiary/aromatic N) is 3. The fraction of sp³-hybridized carbons (Fsp3) is 0.760. The number of aryl methyl sites for hydroxylation is 1. The van der Waals surface area contributed by atoms with E-state index in [9.17, 15) is 9.59 Å². The summed E-state index contributed by atoms with van der Waals surface area (Å²) in [6, 6.07) is 4.49. The average molecular weight is 431 g/mol. The van der Waals surface area contributed by atoms with E-state index in [1.54, 1.807) is 0 Å². The first-order valence-corrected chi connectivity index (χ1v) is 12.4. The molecule has 2 aliphatic rings. The van der Waals surface area contributed by atoms with Crippen LogP contribution in [0.5, 0.6) is 0 Å². The summed E-state index contributed by atoms with van der Waals surface area (Å²) < 4.78 is 2.06. The van der Waals surface area contributed by atoms with Crippen LogP contribution in [-0.4, -0.2) is 51.5 Å². The molecule has 174 valence electrons. The fourth-order valence-corrected chi connectivity index (χ4v) is 5.06. The molecule has 0 bridgehead atoms. The molecular weight excluding hydrogens is 388 g/mol. The maximum absolute atomic E-state index is 13.5. The smallest absolute Gasteiger partial charge is 0.318 e. The second-order valence-corrected chi connectivity index (χ2v) is 9.98. The third-order valence-electron chi connectivity index (χ3n) is 6.86. The van der Waals surface area contributed by atoms with Crippen LogP contribution in [0.4, 0.5) is 4.79 Å². The summed E-state index contributed by atoms with van der Waals surface area (Å²) in [5, 5.41) is 3.27. The van der Waals surface area contributed by atoms with Gasteiger partial charge in [0.2, 0.25) is 5.91 Å². The standard InChI is InChI=1S/C25H42N4O2/c1-20(2)17-28(18-23-15-10-16-27(23)3)24(30)19-29(22-13-8-5-9-14-22)25(31)26-21-11-6-4-7-12-21/h10,15-16,20-22H,4-9,11-14,17-19H2,1-3H3,(H,26,31). The Labute approximate surface area is 188 Å². The maximum Gasteiger partial charge on any atom is 0.318 e. The van der Waals surface area contributed by atoms with Crippen LogP contribution >= 0.6 is 0 Å². The molecule has 0 unspecified atom stereocenters. The molecule has 2 aliphatic carbocycles. The molecule has 1 aromatic heterocycles. The van der Waals surface area contributed by atoms with Gasteiger partial charge in [0.1, 0.15) is 6.54 Å². The molecule has 0 atom stereocenters. The zero-order valence-electron chi connectivity index (χ0n) is 19.8. The lowest BCUT2D eigenvalue weighted by atomic mass is 9.93. The van der Waals surface area contributed by atoms with Crippen molar-refractivity contribution in [3.63, 3.8) is 0 Å². The Morgan fingerprint density at radius 2 is 1.71 bits per heavy atom. The number of rotatable bonds is 8. The van der Waals surface area contributed by atoms with Crippen molar-refractivity contribution < 1.29 is 9.59 Å². The molecule has 2 fully saturated rings. The van der Waals surface area contributed by atoms with E-state index >= 15 is 0 Å². The van der Waals surface area contributed by atoms with Crippen molar-refractivity contribution in [2.45, 2.75) is 96.7 Å². The molecule has 0 aliphatic heterocycles. The van der Waals surface area contributed by atoms with Gasteiger partial charge >= 0.3 is 6.03 Å². The van der Waals surface area contributed by atoms with Crippen LogP contribution in [0.15, 0.2) is 18.3 Å². The van der Waals surface area contributed by atoms with Gasteiger partial charge in [-0.2, -0.15) is 0 Å². The third kappa shape index (κ3) is 7.01. The summed E-state index contributed by atoms with van der Waals surface area (Å²) in [4.78, 5) is 30.6. The zero-order chi connectivity index (χ0) is 22.2. The van der Waals surface area contributed by atoms with Gasteiger partial charge in [-0.15, -0.1) is 0 Å². The van der Waals surface area contributed by atoms with Crippen molar-refractivity contribution in [1.29, 1.82) is 0 Å². The average Bonchev–Trinajstić information content (AvgIpc) is 3.16. The van der Waals surface area contributed by atoms with Gasteiger partial charge in [-0.05, 0) is 43.7 Å². The van der Waals surface area contributed by atoms with E-state index in [2.05, 4.69) is 29.8 Å². The number of carbonyl (C=O) groups is 2. The van der Waals surface area contributed by atoms with E-state index in [1.165, 1.54) is 25.7 Å². The van der Waals surface area contributed by atoms with Gasteiger partial charge in [-0.25, -0.2) is 4.79 Å². The Morgan fingerprint density at radius 1 is 1.06 bits per heavy atom. The van der Waals surface area contributed by atoms with Crippen LogP contribution in [0.1, 0.15) is 83.7 Å². The van der Waals surface area contributed by atoms with Gasteiger partial charge in [0, 0.05) is 37.6 Å². The minimum atomic E-state index is -0.0319. The molecule has 0 aromatic carbocycles. The quantitative estimate of drug-likeness (QED) is 0.651. The van der Waals surface area contributed by atoms with Crippen molar-refractivity contribution in [2.24, 2.45) is 13.0 Å². The van der Waals surface area contributed by atoms with Crippen LogP contribution in [-0.2, 0) is 18.4 Å². The van der Waals surface area contributed by atoms with Crippen molar-refractivity contribution in [1.82, 2.24) is 19.7 Å². The molecule has 0 spiro atoms. The SMILES string of the molecule is CC(C)CN(Cc1cccn1C)C(=O)CN(C(=O)NC1CCCCC1)C1CCCCC1. The fourth-order valence-electron chi connectivity index (χ4n) is 5.06. The van der Waals surface area contributed by atoms with Crippen molar-refractivity contribution in [3.05, 3.63) is 24.0 Å². The first-order chi connectivity index (χ1) is 14.9. The molecule has 3 rings (SSSR count). The number of hydrogen-bond donors (Lipinski definition) is 1. The second-order valence-electron chi connectivity index (χ2n) is 9.98. The summed E-state index contributed by atoms with van der Waals surface area (Å²) in [5.41, 5.74) is 1.12. The number of aromatic nitrogens is 1. The number of urea groups is 1. The lowest BCUT2D eigenvalue weighted by Crippen LogP contribution is -2.54. The Hall–Kier alpha value is -1.98. The van der Waals surface area contributed by atoms with E-state index in [1.807, 2.05) is 29.1 Å². The van der Waals surface area contributed by atoms with Crippen LogP contribution in [0.3, 0.4) is 0 Å². The molecule has 0 radical (unpaired) electrons. The van der Waals surface area contributed by atoms with E-state index in [0.717, 1.165) is 44.2 Å². The first-order valence-electron chi connectivity index (χ1n) is 12.4. The molecule has 6 nitrogen and oxygen atoms in total. The minimum Gasteiger partial charge on any atom is -0.353 e. The van der Waals surface area contributed by atoms with Gasteiger partial charge in [-0.1, -0.05) is 52.4 Å². The summed E-state index contributed by atoms with van der Waals surface area (Å²) in [6.07, 6.45) is 13.3. The Kier molecular flexibility index (Phi) is 8.85. The van der Waals surface area contributed by atoms with Gasteiger partial charge in [0.15, 0.2) is 0 Å². The topological polar surface area (TPSA) is 57.6 Å². The van der Waals surface area contributed by atoms with Crippen LogP contribution < -0.4 is 5.32 Å². The molecule has 0 saturated heterocycles. The second kappa shape index (κ2) is 11.6. The minimum absolute atomic E-state index is 0.0319.